The molecule has 0 spiro atoms. The smallest absolute Gasteiger partial charge is 0.374 e. The van der Waals surface area contributed by atoms with Gasteiger partial charge in [-0.05, 0) is 0 Å². The number of nitrogens with one attached hydrogen (secondary N) is 1. The number of hydrogen-bond acceptors (Lipinski definition) is 8. The average molecular weight is 215 g/mol. The minimum absolute atomic E-state index is 0.0783. The molecule has 82 valence electrons. The molecule has 0 amide bonds. The molecule has 15 heavy (non-hydrogen) atoms. The van der Waals surface area contributed by atoms with Crippen molar-refractivity contribution in [2.45, 2.75) is 0 Å². The van der Waals surface area contributed by atoms with Crippen LogP contribution in [-0.2, 0) is 0 Å². The maximum absolute atomic E-state index is 10.7. The largest absolute Gasteiger partial charge is 0.476 e. The number of nitrogens with zero attached hydrogens (tertiary/aromatic N) is 3. The first-order chi connectivity index (χ1) is 7.13. The molecule has 1 aromatic heterocycles. The van der Waals surface area contributed by atoms with Gasteiger partial charge in [-0.25, -0.2) is 5.84 Å². The van der Waals surface area contributed by atoms with Crippen LogP contribution in [0.3, 0.4) is 0 Å². The SMILES string of the molecule is COc1nc(NN)c([N+](=O)[O-])c(OC)n1. The van der Waals surface area contributed by atoms with Gasteiger partial charge in [-0.2, -0.15) is 9.97 Å². The summed E-state index contributed by atoms with van der Waals surface area (Å²) in [6.45, 7) is 0. The predicted molar refractivity (Wildman–Crippen MR) is 49.6 cm³/mol. The molecule has 9 heteroatoms. The monoisotopic (exact) mass is 215 g/mol. The molecule has 0 fully saturated rings. The molecule has 0 aromatic carbocycles. The zero-order chi connectivity index (χ0) is 11.4. The third kappa shape index (κ3) is 2.02. The highest BCUT2D eigenvalue weighted by Gasteiger charge is 2.25. The van der Waals surface area contributed by atoms with E-state index < -0.39 is 10.6 Å². The van der Waals surface area contributed by atoms with Gasteiger partial charge in [0.15, 0.2) is 0 Å². The maximum atomic E-state index is 10.7. The summed E-state index contributed by atoms with van der Waals surface area (Å²) in [5.74, 6) is 4.68. The molecular formula is C6H9N5O4. The fourth-order valence-electron chi connectivity index (χ4n) is 0.914. The molecule has 1 aromatic rings. The Morgan fingerprint density at radius 1 is 1.40 bits per heavy atom. The molecule has 0 bridgehead atoms. The second kappa shape index (κ2) is 4.37. The van der Waals surface area contributed by atoms with Crippen LogP contribution < -0.4 is 20.7 Å². The topological polar surface area (TPSA) is 125 Å². The number of aromatic nitrogens is 2. The first kappa shape index (κ1) is 10.9. The molecule has 0 saturated carbocycles. The van der Waals surface area contributed by atoms with Gasteiger partial charge >= 0.3 is 17.6 Å². The Morgan fingerprint density at radius 2 is 2.07 bits per heavy atom. The summed E-state index contributed by atoms with van der Waals surface area (Å²) in [4.78, 5) is 17.3. The Kier molecular flexibility index (Phi) is 3.18. The Balaban J connectivity index is 3.39. The molecule has 1 heterocycles. The lowest BCUT2D eigenvalue weighted by atomic mass is 10.4. The predicted octanol–water partition coefficient (Wildman–Crippen LogP) is -0.312. The van der Waals surface area contributed by atoms with Gasteiger partial charge in [0.25, 0.3) is 0 Å². The zero-order valence-corrected chi connectivity index (χ0v) is 8.05. The molecule has 0 atom stereocenters. The fourth-order valence-corrected chi connectivity index (χ4v) is 0.914. The van der Waals surface area contributed by atoms with Crippen molar-refractivity contribution < 1.29 is 14.4 Å². The Morgan fingerprint density at radius 3 is 2.47 bits per heavy atom. The quantitative estimate of drug-likeness (QED) is 0.398. The molecule has 0 aliphatic carbocycles. The van der Waals surface area contributed by atoms with Crippen LogP contribution in [0.25, 0.3) is 0 Å². The fraction of sp³-hybridized carbons (Fsp3) is 0.333. The highest BCUT2D eigenvalue weighted by molar-refractivity contribution is 5.61. The minimum atomic E-state index is -0.701. The van der Waals surface area contributed by atoms with Crippen molar-refractivity contribution in [2.24, 2.45) is 5.84 Å². The maximum Gasteiger partial charge on any atom is 0.374 e. The molecule has 0 aliphatic rings. The summed E-state index contributed by atoms with van der Waals surface area (Å²) in [6, 6.07) is -0.0783. The third-order valence-corrected chi connectivity index (χ3v) is 1.53. The van der Waals surface area contributed by atoms with E-state index >= 15 is 0 Å². The van der Waals surface area contributed by atoms with Crippen LogP contribution in [0, 0.1) is 10.1 Å². The van der Waals surface area contributed by atoms with Gasteiger partial charge in [-0.15, -0.1) is 0 Å². The summed E-state index contributed by atoms with van der Waals surface area (Å²) in [5, 5.41) is 10.7. The first-order valence-corrected chi connectivity index (χ1v) is 3.75. The summed E-state index contributed by atoms with van der Waals surface area (Å²) >= 11 is 0. The Labute approximate surface area is 84.3 Å². The minimum Gasteiger partial charge on any atom is -0.476 e. The van der Waals surface area contributed by atoms with Gasteiger partial charge in [0, 0.05) is 0 Å². The van der Waals surface area contributed by atoms with E-state index in [-0.39, 0.29) is 17.7 Å². The van der Waals surface area contributed by atoms with Crippen LogP contribution >= 0.6 is 0 Å². The van der Waals surface area contributed by atoms with E-state index in [0.717, 1.165) is 0 Å². The van der Waals surface area contributed by atoms with Gasteiger partial charge in [-0.3, -0.25) is 10.1 Å². The first-order valence-electron chi connectivity index (χ1n) is 3.75. The van der Waals surface area contributed by atoms with Crippen molar-refractivity contribution in [3.63, 3.8) is 0 Å². The van der Waals surface area contributed by atoms with Gasteiger partial charge in [0.05, 0.1) is 19.1 Å². The Hall–Kier alpha value is -2.16. The van der Waals surface area contributed by atoms with E-state index in [0.29, 0.717) is 0 Å². The van der Waals surface area contributed by atoms with Crippen LogP contribution in [0.5, 0.6) is 11.9 Å². The van der Waals surface area contributed by atoms with Crippen molar-refractivity contribution in [3.8, 4) is 11.9 Å². The van der Waals surface area contributed by atoms with Crippen LogP contribution in [0.1, 0.15) is 0 Å². The van der Waals surface area contributed by atoms with E-state index in [1.165, 1.54) is 14.2 Å². The summed E-state index contributed by atoms with van der Waals surface area (Å²) in [5.41, 5.74) is 1.63. The molecule has 0 unspecified atom stereocenters. The van der Waals surface area contributed by atoms with Gasteiger partial charge in [0.2, 0.25) is 5.82 Å². The number of rotatable bonds is 4. The van der Waals surface area contributed by atoms with Gasteiger partial charge in [-0.1, -0.05) is 0 Å². The van der Waals surface area contributed by atoms with Crippen LogP contribution in [0.15, 0.2) is 0 Å². The highest BCUT2D eigenvalue weighted by atomic mass is 16.6. The summed E-state index contributed by atoms with van der Waals surface area (Å²) in [7, 11) is 2.57. The van der Waals surface area contributed by atoms with Crippen molar-refractivity contribution in [3.05, 3.63) is 10.1 Å². The zero-order valence-electron chi connectivity index (χ0n) is 8.05. The molecule has 1 rings (SSSR count). The lowest BCUT2D eigenvalue weighted by molar-refractivity contribution is -0.385. The summed E-state index contributed by atoms with van der Waals surface area (Å²) in [6.07, 6.45) is 0. The number of hydrazine groups is 1. The van der Waals surface area contributed by atoms with E-state index in [1.807, 2.05) is 0 Å². The second-order valence-electron chi connectivity index (χ2n) is 2.32. The van der Waals surface area contributed by atoms with Crippen LogP contribution in [-0.4, -0.2) is 29.1 Å². The Bertz CT molecular complexity index is 357. The molecule has 3 N–H and O–H groups in total. The average Bonchev–Trinajstić information content (AvgIpc) is 2.26. The number of anilines is 1. The number of nitrogen functional groups attached to an aromatic ring is 1. The lowest BCUT2D eigenvalue weighted by Gasteiger charge is -2.06. The van der Waals surface area contributed by atoms with E-state index in [1.54, 1.807) is 0 Å². The molecule has 0 radical (unpaired) electrons. The van der Waals surface area contributed by atoms with E-state index in [9.17, 15) is 10.1 Å². The molecule has 0 aliphatic heterocycles. The molecular weight excluding hydrogens is 206 g/mol. The number of nitrogens with two attached hydrogens (primary N) is 1. The van der Waals surface area contributed by atoms with E-state index in [4.69, 9.17) is 15.3 Å². The standard InChI is InChI=1S/C6H9N5O4/c1-14-5-3(11(12)13)4(10-7)8-6(9-5)15-2/h7H2,1-2H3,(H,8,9,10). The van der Waals surface area contributed by atoms with Crippen molar-refractivity contribution in [1.82, 2.24) is 9.97 Å². The lowest BCUT2D eigenvalue weighted by Crippen LogP contribution is -2.13. The number of hydrogen-bond donors (Lipinski definition) is 2. The highest BCUT2D eigenvalue weighted by Crippen LogP contribution is 2.32. The number of methoxy groups -OCH3 is 2. The van der Waals surface area contributed by atoms with Crippen molar-refractivity contribution >= 4 is 11.5 Å². The third-order valence-electron chi connectivity index (χ3n) is 1.53. The van der Waals surface area contributed by atoms with Gasteiger partial charge < -0.3 is 14.9 Å². The molecule has 9 nitrogen and oxygen atoms in total. The number of ether oxygens (including phenoxy) is 2. The summed E-state index contributed by atoms with van der Waals surface area (Å²) < 4.78 is 9.44. The van der Waals surface area contributed by atoms with Crippen LogP contribution in [0.2, 0.25) is 0 Å². The second-order valence-corrected chi connectivity index (χ2v) is 2.32. The van der Waals surface area contributed by atoms with E-state index in [2.05, 4.69) is 15.4 Å². The van der Waals surface area contributed by atoms with Crippen molar-refractivity contribution in [2.75, 3.05) is 19.6 Å². The normalized spacial score (nSPS) is 9.53. The molecule has 0 saturated heterocycles. The number of nitro groups is 1. The van der Waals surface area contributed by atoms with Crippen molar-refractivity contribution in [1.29, 1.82) is 0 Å². The van der Waals surface area contributed by atoms with Crippen LogP contribution in [0.4, 0.5) is 11.5 Å². The van der Waals surface area contributed by atoms with Gasteiger partial charge in [0.1, 0.15) is 0 Å².